The largest absolute Gasteiger partial charge is 0.465 e. The Morgan fingerprint density at radius 3 is 2.21 bits per heavy atom. The normalized spacial score (nSPS) is 16.1. The van der Waals surface area contributed by atoms with E-state index >= 15 is 0 Å². The molecule has 0 amide bonds. The number of halogens is 3. The first-order valence-corrected chi connectivity index (χ1v) is 13.2. The van der Waals surface area contributed by atoms with Crippen LogP contribution in [0.15, 0.2) is 12.2 Å². The average Bonchev–Trinajstić information content (AvgIpc) is 2.77. The number of alkyl halides is 3. The van der Waals surface area contributed by atoms with Gasteiger partial charge in [0.2, 0.25) is 0 Å². The molecule has 0 aromatic heterocycles. The monoisotopic (exact) mass is 493 g/mol. The molecule has 0 spiro atoms. The van der Waals surface area contributed by atoms with Gasteiger partial charge in [-0.2, -0.15) is 13.2 Å². The predicted molar refractivity (Wildman–Crippen MR) is 134 cm³/mol. The molecule has 0 bridgehead atoms. The maximum atomic E-state index is 12.4. The summed E-state index contributed by atoms with van der Waals surface area (Å²) in [4.78, 5) is 14.5. The van der Waals surface area contributed by atoms with E-state index in [2.05, 4.69) is 25.7 Å². The van der Waals surface area contributed by atoms with E-state index in [-0.39, 0.29) is 23.9 Å². The van der Waals surface area contributed by atoms with Crippen LogP contribution in [-0.4, -0.2) is 56.5 Å². The molecule has 202 valence electrons. The number of hydrogen-bond acceptors (Lipinski definition) is 4. The molecule has 0 aliphatic rings. The topological polar surface area (TPSA) is 38.8 Å². The summed E-state index contributed by atoms with van der Waals surface area (Å²) in [5, 5.41) is 0. The summed E-state index contributed by atoms with van der Waals surface area (Å²) in [6, 6.07) is 0. The number of hydrogen-bond donors (Lipinski definition) is 0. The van der Waals surface area contributed by atoms with E-state index in [1.54, 1.807) is 14.0 Å². The van der Waals surface area contributed by atoms with Gasteiger partial charge in [-0.25, -0.2) is 0 Å². The van der Waals surface area contributed by atoms with Crippen LogP contribution in [0.1, 0.15) is 92.4 Å². The number of unbranched alkanes of at least 4 members (excludes halogenated alkanes) is 1. The second kappa shape index (κ2) is 19.1. The van der Waals surface area contributed by atoms with Crippen molar-refractivity contribution in [1.82, 2.24) is 4.90 Å². The van der Waals surface area contributed by atoms with Crippen molar-refractivity contribution in [1.29, 1.82) is 0 Å². The van der Waals surface area contributed by atoms with Gasteiger partial charge in [0.25, 0.3) is 0 Å². The molecule has 7 heteroatoms. The SMILES string of the molecule is CCN(CC)CCCOC(=O)[C@@H](C)CC[C@@H](CCCC[C@H](C)/C=C/C[C@@H](C)CC(F)(F)F)OC. The molecule has 0 saturated carbocycles. The summed E-state index contributed by atoms with van der Waals surface area (Å²) < 4.78 is 48.2. The van der Waals surface area contributed by atoms with E-state index in [9.17, 15) is 18.0 Å². The first-order chi connectivity index (χ1) is 16.0. The lowest BCUT2D eigenvalue weighted by atomic mass is 9.97. The molecule has 0 radical (unpaired) electrons. The predicted octanol–water partition coefficient (Wildman–Crippen LogP) is 7.42. The number of carbonyl (C=O) groups is 1. The molecule has 34 heavy (non-hydrogen) atoms. The number of ether oxygens (including phenoxy) is 2. The molecule has 0 rings (SSSR count). The Hall–Kier alpha value is -1.08. The minimum Gasteiger partial charge on any atom is -0.465 e. The maximum Gasteiger partial charge on any atom is 0.389 e. The highest BCUT2D eigenvalue weighted by Gasteiger charge is 2.29. The molecule has 0 aromatic rings. The van der Waals surface area contributed by atoms with Crippen molar-refractivity contribution < 1.29 is 27.4 Å². The van der Waals surface area contributed by atoms with Crippen LogP contribution < -0.4 is 0 Å². The van der Waals surface area contributed by atoms with Crippen LogP contribution >= 0.6 is 0 Å². The minimum atomic E-state index is -4.08. The van der Waals surface area contributed by atoms with Gasteiger partial charge in [0.15, 0.2) is 0 Å². The highest BCUT2D eigenvalue weighted by atomic mass is 19.4. The number of esters is 1. The third kappa shape index (κ3) is 18.3. The van der Waals surface area contributed by atoms with Crippen molar-refractivity contribution in [2.45, 2.75) is 105 Å². The summed E-state index contributed by atoms with van der Waals surface area (Å²) in [6.45, 7) is 13.4. The van der Waals surface area contributed by atoms with Crippen LogP contribution in [0.2, 0.25) is 0 Å². The molecule has 0 fully saturated rings. The van der Waals surface area contributed by atoms with Crippen LogP contribution in [0, 0.1) is 17.8 Å². The Morgan fingerprint density at radius 2 is 1.62 bits per heavy atom. The quantitative estimate of drug-likeness (QED) is 0.100. The standard InChI is InChI=1S/C27H50F3NO3/c1-7-31(8-2)19-12-20-34-26(32)24(5)17-18-25(33-6)16-10-9-13-22(3)14-11-15-23(4)21-27(28,29)30/h11,14,22-25H,7-10,12-13,15-21H2,1-6H3/b14-11+/t22-,23+,24-,25+/m0/s1. The molecule has 0 heterocycles. The van der Waals surface area contributed by atoms with Gasteiger partial charge >= 0.3 is 12.1 Å². The van der Waals surface area contributed by atoms with Crippen LogP contribution in [0.3, 0.4) is 0 Å². The second-order valence-electron chi connectivity index (χ2n) is 9.73. The second-order valence-corrected chi connectivity index (χ2v) is 9.73. The maximum absolute atomic E-state index is 12.4. The Balaban J connectivity index is 4.00. The number of carbonyl (C=O) groups excluding carboxylic acids is 1. The summed E-state index contributed by atoms with van der Waals surface area (Å²) >= 11 is 0. The molecule has 0 aromatic carbocycles. The van der Waals surface area contributed by atoms with Gasteiger partial charge in [-0.1, -0.05) is 59.6 Å². The molecule has 0 saturated heterocycles. The summed E-state index contributed by atoms with van der Waals surface area (Å²) in [7, 11) is 1.72. The van der Waals surface area contributed by atoms with E-state index < -0.39 is 12.6 Å². The zero-order chi connectivity index (χ0) is 26.0. The lowest BCUT2D eigenvalue weighted by Gasteiger charge is -2.19. The summed E-state index contributed by atoms with van der Waals surface area (Å²) in [5.74, 6) is -0.274. The first-order valence-electron chi connectivity index (χ1n) is 13.2. The number of methoxy groups -OCH3 is 1. The fraction of sp³-hybridized carbons (Fsp3) is 0.889. The Labute approximate surface area is 206 Å². The highest BCUT2D eigenvalue weighted by molar-refractivity contribution is 5.71. The van der Waals surface area contributed by atoms with Gasteiger partial charge in [0.05, 0.1) is 18.6 Å². The smallest absolute Gasteiger partial charge is 0.389 e. The number of nitrogens with zero attached hydrogens (tertiary/aromatic N) is 1. The van der Waals surface area contributed by atoms with Gasteiger partial charge in [-0.15, -0.1) is 0 Å². The Bertz CT molecular complexity index is 536. The van der Waals surface area contributed by atoms with Crippen molar-refractivity contribution in [3.63, 3.8) is 0 Å². The number of allylic oxidation sites excluding steroid dienone is 2. The summed E-state index contributed by atoms with van der Waals surface area (Å²) in [6.07, 6.45) is 6.20. The molecule has 4 atom stereocenters. The van der Waals surface area contributed by atoms with E-state index in [0.29, 0.717) is 18.9 Å². The van der Waals surface area contributed by atoms with E-state index in [1.165, 1.54) is 0 Å². The Kier molecular flexibility index (Phi) is 18.5. The number of rotatable bonds is 20. The van der Waals surface area contributed by atoms with E-state index in [0.717, 1.165) is 64.6 Å². The summed E-state index contributed by atoms with van der Waals surface area (Å²) in [5.41, 5.74) is 0. The molecule has 0 aliphatic heterocycles. The molecule has 0 unspecified atom stereocenters. The van der Waals surface area contributed by atoms with Gasteiger partial charge in [-0.05, 0) is 63.5 Å². The highest BCUT2D eigenvalue weighted by Crippen LogP contribution is 2.26. The minimum absolute atomic E-state index is 0.125. The molecular weight excluding hydrogens is 443 g/mol. The molecule has 4 nitrogen and oxygen atoms in total. The van der Waals surface area contributed by atoms with Gasteiger partial charge in [-0.3, -0.25) is 4.79 Å². The zero-order valence-corrected chi connectivity index (χ0v) is 22.5. The average molecular weight is 494 g/mol. The van der Waals surface area contributed by atoms with Gasteiger partial charge in [0, 0.05) is 20.1 Å². The van der Waals surface area contributed by atoms with E-state index in [4.69, 9.17) is 9.47 Å². The van der Waals surface area contributed by atoms with Crippen LogP contribution in [0.5, 0.6) is 0 Å². The van der Waals surface area contributed by atoms with Gasteiger partial charge < -0.3 is 14.4 Å². The molecule has 0 N–H and O–H groups in total. The fourth-order valence-electron chi connectivity index (χ4n) is 4.03. The van der Waals surface area contributed by atoms with Crippen molar-refractivity contribution >= 4 is 5.97 Å². The third-order valence-corrected chi connectivity index (χ3v) is 6.43. The molecular formula is C27H50F3NO3. The lowest BCUT2D eigenvalue weighted by molar-refractivity contribution is -0.148. The van der Waals surface area contributed by atoms with Crippen molar-refractivity contribution in [3.8, 4) is 0 Å². The lowest BCUT2D eigenvalue weighted by Crippen LogP contribution is -2.25. The van der Waals surface area contributed by atoms with Crippen molar-refractivity contribution in [2.75, 3.05) is 33.4 Å². The molecule has 0 aliphatic carbocycles. The fourth-order valence-corrected chi connectivity index (χ4v) is 4.03. The van der Waals surface area contributed by atoms with Crippen LogP contribution in [0.25, 0.3) is 0 Å². The van der Waals surface area contributed by atoms with Crippen molar-refractivity contribution in [3.05, 3.63) is 12.2 Å². The third-order valence-electron chi connectivity index (χ3n) is 6.43. The zero-order valence-electron chi connectivity index (χ0n) is 22.5. The van der Waals surface area contributed by atoms with E-state index in [1.807, 2.05) is 19.1 Å². The Morgan fingerprint density at radius 1 is 0.971 bits per heavy atom. The van der Waals surface area contributed by atoms with Crippen LogP contribution in [-0.2, 0) is 14.3 Å². The first kappa shape index (κ1) is 32.9. The van der Waals surface area contributed by atoms with Crippen LogP contribution in [0.4, 0.5) is 13.2 Å². The van der Waals surface area contributed by atoms with Crippen molar-refractivity contribution in [2.24, 2.45) is 17.8 Å². The van der Waals surface area contributed by atoms with Gasteiger partial charge in [0.1, 0.15) is 0 Å².